The zero-order valence-corrected chi connectivity index (χ0v) is 6.15. The monoisotopic (exact) mass is 165 g/mol. The Balaban J connectivity index is 0.00000121. The fourth-order valence-corrected chi connectivity index (χ4v) is 0.679. The fourth-order valence-electron chi connectivity index (χ4n) is 0.679. The van der Waals surface area contributed by atoms with Crippen LogP contribution in [0.5, 0.6) is 0 Å². The fraction of sp³-hybridized carbons (Fsp3) is 0. The minimum Gasteiger partial charge on any atom is -0.412 e. The molecule has 0 amide bonds. The predicted molar refractivity (Wildman–Crippen MR) is 44.6 cm³/mol. The van der Waals surface area contributed by atoms with Gasteiger partial charge in [-0.05, 0) is 12.1 Å². The predicted octanol–water partition coefficient (Wildman–Crippen LogP) is 0.751. The number of hydrogen-bond donors (Lipinski definition) is 0. The summed E-state index contributed by atoms with van der Waals surface area (Å²) < 4.78 is 0. The first-order valence-electron chi connectivity index (χ1n) is 2.95. The average molecular weight is 165 g/mol. The molecule has 0 radical (unpaired) electrons. The molecule has 0 aliphatic carbocycles. The van der Waals surface area contributed by atoms with Gasteiger partial charge in [0, 0.05) is 17.7 Å². The normalized spacial score (nSPS) is 7.92. The van der Waals surface area contributed by atoms with Crippen LogP contribution in [-0.2, 0) is 0 Å². The third-order valence-corrected chi connectivity index (χ3v) is 1.24. The molecule has 0 fully saturated rings. The molecule has 62 valence electrons. The molecule has 1 aromatic carbocycles. The Morgan fingerprint density at radius 2 is 1.83 bits per heavy atom. The molecule has 0 saturated carbocycles. The van der Waals surface area contributed by atoms with Crippen molar-refractivity contribution in [2.45, 2.75) is 0 Å². The van der Waals surface area contributed by atoms with Gasteiger partial charge in [0.05, 0.1) is 4.92 Å². The molecular weight excluding hydrogens is 158 g/mol. The maximum Gasteiger partial charge on any atom is 0.269 e. The van der Waals surface area contributed by atoms with Gasteiger partial charge < -0.3 is 5.48 Å². The summed E-state index contributed by atoms with van der Waals surface area (Å²) in [5.41, 5.74) is 0.708. The maximum absolute atomic E-state index is 10.2. The van der Waals surface area contributed by atoms with Crippen LogP contribution in [0.25, 0.3) is 0 Å². The van der Waals surface area contributed by atoms with Crippen molar-refractivity contribution in [3.05, 3.63) is 39.9 Å². The minimum absolute atomic E-state index is 0. The van der Waals surface area contributed by atoms with Gasteiger partial charge in [-0.3, -0.25) is 10.1 Å². The van der Waals surface area contributed by atoms with Crippen molar-refractivity contribution >= 4 is 5.69 Å². The first-order chi connectivity index (χ1) is 5.24. The van der Waals surface area contributed by atoms with Gasteiger partial charge in [0.1, 0.15) is 0 Å². The van der Waals surface area contributed by atoms with Gasteiger partial charge >= 0.3 is 0 Å². The highest BCUT2D eigenvalue weighted by Gasteiger charge is 2.01. The van der Waals surface area contributed by atoms with Crippen LogP contribution in [0.1, 0.15) is 5.56 Å². The number of rotatable bonds is 1. The zero-order valence-electron chi connectivity index (χ0n) is 6.15. The van der Waals surface area contributed by atoms with Gasteiger partial charge in [-0.25, -0.2) is 0 Å². The Labute approximate surface area is 69.3 Å². The largest absolute Gasteiger partial charge is 0.412 e. The van der Waals surface area contributed by atoms with E-state index in [0.717, 1.165) is 0 Å². The highest BCUT2D eigenvalue weighted by molar-refractivity contribution is 5.39. The van der Waals surface area contributed by atoms with E-state index in [0.29, 0.717) is 5.56 Å². The van der Waals surface area contributed by atoms with Crippen molar-refractivity contribution in [3.63, 3.8) is 0 Å². The molecule has 0 spiro atoms. The molecule has 0 unspecified atom stereocenters. The van der Waals surface area contributed by atoms with E-state index in [-0.39, 0.29) is 11.2 Å². The number of terminal acetylenes is 1. The zero-order chi connectivity index (χ0) is 8.27. The molecule has 0 saturated heterocycles. The van der Waals surface area contributed by atoms with Crippen LogP contribution < -0.4 is 0 Å². The van der Waals surface area contributed by atoms with Crippen LogP contribution >= 0.6 is 0 Å². The first-order valence-corrected chi connectivity index (χ1v) is 2.95. The second-order valence-corrected chi connectivity index (χ2v) is 1.95. The number of benzene rings is 1. The molecule has 1 aromatic rings. The number of nitro benzene ring substituents is 1. The summed E-state index contributed by atoms with van der Waals surface area (Å²) in [6.45, 7) is 0. The number of nitro groups is 1. The third kappa shape index (κ3) is 2.08. The lowest BCUT2D eigenvalue weighted by Gasteiger charge is -1.89. The van der Waals surface area contributed by atoms with Crippen LogP contribution in [0.4, 0.5) is 5.69 Å². The lowest BCUT2D eigenvalue weighted by atomic mass is 10.2. The molecule has 4 heteroatoms. The standard InChI is InChI=1S/C8H5NO2.H2O/c1-2-7-3-5-8(6-4-7)9(10)11;/h1,3-6H;1H2. The van der Waals surface area contributed by atoms with Crippen LogP contribution in [0.3, 0.4) is 0 Å². The second kappa shape index (κ2) is 4.11. The van der Waals surface area contributed by atoms with Crippen molar-refractivity contribution in [2.75, 3.05) is 0 Å². The Morgan fingerprint density at radius 1 is 1.33 bits per heavy atom. The van der Waals surface area contributed by atoms with E-state index in [1.807, 2.05) is 0 Å². The first kappa shape index (κ1) is 10.1. The van der Waals surface area contributed by atoms with Gasteiger partial charge in [0.15, 0.2) is 0 Å². The molecule has 0 bridgehead atoms. The van der Waals surface area contributed by atoms with Crippen LogP contribution in [0.2, 0.25) is 0 Å². The van der Waals surface area contributed by atoms with Crippen molar-refractivity contribution in [1.29, 1.82) is 0 Å². The second-order valence-electron chi connectivity index (χ2n) is 1.95. The Bertz CT molecular complexity index is 310. The van der Waals surface area contributed by atoms with Crippen molar-refractivity contribution in [3.8, 4) is 12.3 Å². The Hall–Kier alpha value is -1.86. The number of non-ortho nitro benzene ring substituents is 1. The summed E-state index contributed by atoms with van der Waals surface area (Å²) in [6.07, 6.45) is 5.06. The summed E-state index contributed by atoms with van der Waals surface area (Å²) in [5, 5.41) is 10.2. The lowest BCUT2D eigenvalue weighted by molar-refractivity contribution is -0.384. The SMILES string of the molecule is C#Cc1ccc([N+](=O)[O-])cc1.O. The van der Waals surface area contributed by atoms with Crippen molar-refractivity contribution in [1.82, 2.24) is 0 Å². The highest BCUT2D eigenvalue weighted by atomic mass is 16.6. The van der Waals surface area contributed by atoms with E-state index in [2.05, 4.69) is 5.92 Å². The summed E-state index contributed by atoms with van der Waals surface area (Å²) in [7, 11) is 0. The average Bonchev–Trinajstić information content (AvgIpc) is 2.05. The summed E-state index contributed by atoms with van der Waals surface area (Å²) in [5.74, 6) is 2.37. The quantitative estimate of drug-likeness (QED) is 0.350. The van der Waals surface area contributed by atoms with Crippen LogP contribution in [0, 0.1) is 22.5 Å². The molecule has 0 heterocycles. The van der Waals surface area contributed by atoms with Crippen molar-refractivity contribution < 1.29 is 10.4 Å². The summed E-state index contributed by atoms with van der Waals surface area (Å²) >= 11 is 0. The molecule has 0 aliphatic rings. The van der Waals surface area contributed by atoms with Gasteiger partial charge in [0.2, 0.25) is 0 Å². The van der Waals surface area contributed by atoms with Gasteiger partial charge in [-0.2, -0.15) is 0 Å². The van der Waals surface area contributed by atoms with E-state index >= 15 is 0 Å². The minimum atomic E-state index is -0.458. The Kier molecular flexibility index (Phi) is 3.47. The van der Waals surface area contributed by atoms with Crippen molar-refractivity contribution in [2.24, 2.45) is 0 Å². The van der Waals surface area contributed by atoms with Gasteiger partial charge in [0.25, 0.3) is 5.69 Å². The molecular formula is C8H7NO3. The van der Waals surface area contributed by atoms with E-state index in [1.165, 1.54) is 24.3 Å². The molecule has 4 nitrogen and oxygen atoms in total. The molecule has 0 aliphatic heterocycles. The Morgan fingerprint density at radius 3 is 2.17 bits per heavy atom. The van der Waals surface area contributed by atoms with Gasteiger partial charge in [-0.15, -0.1) is 6.42 Å². The molecule has 2 N–H and O–H groups in total. The van der Waals surface area contributed by atoms with E-state index in [4.69, 9.17) is 6.42 Å². The topological polar surface area (TPSA) is 74.6 Å². The summed E-state index contributed by atoms with van der Waals surface area (Å²) in [4.78, 5) is 9.70. The lowest BCUT2D eigenvalue weighted by Crippen LogP contribution is -1.86. The van der Waals surface area contributed by atoms with E-state index < -0.39 is 4.92 Å². The van der Waals surface area contributed by atoms with Gasteiger partial charge in [-0.1, -0.05) is 5.92 Å². The van der Waals surface area contributed by atoms with Crippen LogP contribution in [0.15, 0.2) is 24.3 Å². The number of nitrogens with zero attached hydrogens (tertiary/aromatic N) is 1. The van der Waals surface area contributed by atoms with Crippen LogP contribution in [-0.4, -0.2) is 10.4 Å². The number of hydrogen-bond acceptors (Lipinski definition) is 2. The third-order valence-electron chi connectivity index (χ3n) is 1.24. The molecule has 1 rings (SSSR count). The molecule has 12 heavy (non-hydrogen) atoms. The smallest absolute Gasteiger partial charge is 0.269 e. The maximum atomic E-state index is 10.2. The molecule has 0 atom stereocenters. The highest BCUT2D eigenvalue weighted by Crippen LogP contribution is 2.10. The molecule has 0 aromatic heterocycles. The van der Waals surface area contributed by atoms with E-state index in [1.54, 1.807) is 0 Å². The van der Waals surface area contributed by atoms with E-state index in [9.17, 15) is 10.1 Å². The summed E-state index contributed by atoms with van der Waals surface area (Å²) in [6, 6.07) is 5.85.